The molecule has 0 fully saturated rings. The zero-order valence-electron chi connectivity index (χ0n) is 16.6. The molecule has 27 heavy (non-hydrogen) atoms. The third-order valence-electron chi connectivity index (χ3n) is 4.04. The van der Waals surface area contributed by atoms with Gasteiger partial charge in [-0.3, -0.25) is 0 Å². The maximum absolute atomic E-state index is 13.5. The van der Waals surface area contributed by atoms with E-state index in [4.69, 9.17) is 17.3 Å². The Morgan fingerprint density at radius 2 is 2.00 bits per heavy atom. The van der Waals surface area contributed by atoms with E-state index in [-0.39, 0.29) is 5.03 Å². The number of nitrogens with zero attached hydrogens (tertiary/aromatic N) is 2. The third kappa shape index (κ3) is 7.39. The van der Waals surface area contributed by atoms with Gasteiger partial charge >= 0.3 is 0 Å². The van der Waals surface area contributed by atoms with Crippen molar-refractivity contribution in [2.24, 2.45) is 5.73 Å². The van der Waals surface area contributed by atoms with E-state index in [1.165, 1.54) is 6.08 Å². The van der Waals surface area contributed by atoms with Crippen LogP contribution >= 0.6 is 11.6 Å². The first-order chi connectivity index (χ1) is 12.6. The maximum atomic E-state index is 13.5. The van der Waals surface area contributed by atoms with Crippen LogP contribution in [-0.4, -0.2) is 37.0 Å². The molecule has 0 saturated heterocycles. The summed E-state index contributed by atoms with van der Waals surface area (Å²) in [7, 11) is 3.90. The Morgan fingerprint density at radius 3 is 2.59 bits per heavy atom. The monoisotopic (exact) mass is 392 g/mol. The molecule has 0 aromatic heterocycles. The van der Waals surface area contributed by atoms with Crippen LogP contribution in [0.3, 0.4) is 0 Å². The quantitative estimate of drug-likeness (QED) is 0.567. The molecule has 0 unspecified atom stereocenters. The van der Waals surface area contributed by atoms with Crippen molar-refractivity contribution in [3.8, 4) is 0 Å². The molecule has 0 aromatic carbocycles. The predicted octanol–water partition coefficient (Wildman–Crippen LogP) is 4.50. The molecule has 148 valence electrons. The Balaban J connectivity index is 2.87. The molecule has 0 aromatic rings. The van der Waals surface area contributed by atoms with Crippen molar-refractivity contribution in [2.45, 2.75) is 20.3 Å². The summed E-state index contributed by atoms with van der Waals surface area (Å²) < 4.78 is 13.5. The summed E-state index contributed by atoms with van der Waals surface area (Å²) in [4.78, 5) is 3.97. The van der Waals surface area contributed by atoms with Gasteiger partial charge in [-0.25, -0.2) is 4.39 Å². The summed E-state index contributed by atoms with van der Waals surface area (Å²) in [6, 6.07) is 0. The fourth-order valence-electron chi connectivity index (χ4n) is 2.31. The zero-order chi connectivity index (χ0) is 20.6. The Bertz CT molecular complexity index is 724. The summed E-state index contributed by atoms with van der Waals surface area (Å²) in [5, 5.41) is 3.46. The number of likely N-dealkylation sites (N-methyl/N-ethyl adjacent to an activating group) is 1. The fraction of sp³-hybridized carbons (Fsp3) is 0.333. The number of allylic oxidation sites excluding steroid dienone is 5. The highest BCUT2D eigenvalue weighted by Crippen LogP contribution is 2.23. The summed E-state index contributed by atoms with van der Waals surface area (Å²) in [5.74, 6) is -0.399. The van der Waals surface area contributed by atoms with Crippen LogP contribution in [-0.2, 0) is 0 Å². The molecule has 0 amide bonds. The van der Waals surface area contributed by atoms with E-state index in [0.717, 1.165) is 23.4 Å². The van der Waals surface area contributed by atoms with Crippen LogP contribution in [0, 0.1) is 0 Å². The SMILES string of the molecule is C=C(NCC1=CCC(Cl)=C(F)C=C1)C(=C)/C(=C\N(C)CC)N(C)/C=C(\C)N. The molecule has 0 heterocycles. The second kappa shape index (κ2) is 10.7. The van der Waals surface area contributed by atoms with Gasteiger partial charge in [0.25, 0.3) is 0 Å². The van der Waals surface area contributed by atoms with Gasteiger partial charge in [0, 0.05) is 63.0 Å². The van der Waals surface area contributed by atoms with Gasteiger partial charge in [0.1, 0.15) is 5.83 Å². The molecular formula is C21H30ClFN4. The normalized spacial score (nSPS) is 15.3. The Hall–Kier alpha value is -2.40. The molecular weight excluding hydrogens is 363 g/mol. The number of hydrogen-bond acceptors (Lipinski definition) is 4. The fourth-order valence-corrected chi connectivity index (χ4v) is 2.46. The van der Waals surface area contributed by atoms with E-state index in [1.54, 1.807) is 6.08 Å². The minimum atomic E-state index is -0.399. The molecule has 0 saturated carbocycles. The highest BCUT2D eigenvalue weighted by molar-refractivity contribution is 6.30. The van der Waals surface area contributed by atoms with Gasteiger partial charge < -0.3 is 20.9 Å². The predicted molar refractivity (Wildman–Crippen MR) is 114 cm³/mol. The van der Waals surface area contributed by atoms with Crippen LogP contribution in [0.15, 0.2) is 82.9 Å². The van der Waals surface area contributed by atoms with Crippen LogP contribution in [0.25, 0.3) is 0 Å². The first-order valence-corrected chi connectivity index (χ1v) is 9.16. The van der Waals surface area contributed by atoms with Crippen molar-refractivity contribution in [1.29, 1.82) is 0 Å². The highest BCUT2D eigenvalue weighted by atomic mass is 35.5. The van der Waals surface area contributed by atoms with Crippen LogP contribution in [0.2, 0.25) is 0 Å². The van der Waals surface area contributed by atoms with Gasteiger partial charge in [0.15, 0.2) is 0 Å². The third-order valence-corrected chi connectivity index (χ3v) is 4.38. The van der Waals surface area contributed by atoms with Crippen molar-refractivity contribution >= 4 is 11.6 Å². The van der Waals surface area contributed by atoms with Crippen LogP contribution in [0.4, 0.5) is 4.39 Å². The van der Waals surface area contributed by atoms with Gasteiger partial charge in [-0.1, -0.05) is 36.9 Å². The van der Waals surface area contributed by atoms with Gasteiger partial charge in [0.05, 0.1) is 10.7 Å². The Morgan fingerprint density at radius 1 is 1.33 bits per heavy atom. The lowest BCUT2D eigenvalue weighted by molar-refractivity contribution is 0.457. The smallest absolute Gasteiger partial charge is 0.138 e. The molecule has 0 radical (unpaired) electrons. The van der Waals surface area contributed by atoms with E-state index in [0.29, 0.717) is 24.4 Å². The summed E-state index contributed by atoms with van der Waals surface area (Å²) >= 11 is 5.85. The van der Waals surface area contributed by atoms with Crippen molar-refractivity contribution in [3.05, 3.63) is 82.9 Å². The Kier molecular flexibility index (Phi) is 8.95. The van der Waals surface area contributed by atoms with Gasteiger partial charge in [-0.2, -0.15) is 0 Å². The molecule has 4 nitrogen and oxygen atoms in total. The number of nitrogens with two attached hydrogens (primary N) is 1. The lowest BCUT2D eigenvalue weighted by Gasteiger charge is -2.25. The molecule has 1 rings (SSSR count). The van der Waals surface area contributed by atoms with Crippen molar-refractivity contribution in [2.75, 3.05) is 27.2 Å². The second-order valence-electron chi connectivity index (χ2n) is 6.45. The van der Waals surface area contributed by atoms with E-state index >= 15 is 0 Å². The molecule has 0 atom stereocenters. The Labute approximate surface area is 167 Å². The van der Waals surface area contributed by atoms with Gasteiger partial charge in [-0.15, -0.1) is 0 Å². The number of halogens is 2. The molecule has 0 bridgehead atoms. The lowest BCUT2D eigenvalue weighted by Crippen LogP contribution is -2.24. The number of nitrogens with one attached hydrogen (secondary N) is 1. The van der Waals surface area contributed by atoms with Crippen molar-refractivity contribution in [3.63, 3.8) is 0 Å². The summed E-state index contributed by atoms with van der Waals surface area (Å²) in [6.07, 6.45) is 9.19. The van der Waals surface area contributed by atoms with Crippen LogP contribution in [0.1, 0.15) is 20.3 Å². The van der Waals surface area contributed by atoms with Crippen LogP contribution < -0.4 is 11.1 Å². The maximum Gasteiger partial charge on any atom is 0.138 e. The topological polar surface area (TPSA) is 44.5 Å². The van der Waals surface area contributed by atoms with Gasteiger partial charge in [0.2, 0.25) is 0 Å². The second-order valence-corrected chi connectivity index (χ2v) is 6.91. The molecule has 0 spiro atoms. The molecule has 3 N–H and O–H groups in total. The van der Waals surface area contributed by atoms with Crippen molar-refractivity contribution in [1.82, 2.24) is 15.1 Å². The van der Waals surface area contributed by atoms with E-state index in [9.17, 15) is 4.39 Å². The molecule has 1 aliphatic rings. The van der Waals surface area contributed by atoms with Crippen LogP contribution in [0.5, 0.6) is 0 Å². The number of hydrogen-bond donors (Lipinski definition) is 2. The van der Waals surface area contributed by atoms with Crippen molar-refractivity contribution < 1.29 is 4.39 Å². The average molecular weight is 393 g/mol. The van der Waals surface area contributed by atoms with E-state index < -0.39 is 5.83 Å². The summed E-state index contributed by atoms with van der Waals surface area (Å²) in [5.41, 5.74) is 9.73. The first kappa shape index (κ1) is 22.6. The molecule has 6 heteroatoms. The average Bonchev–Trinajstić information content (AvgIpc) is 2.78. The minimum absolute atomic E-state index is 0.211. The number of rotatable bonds is 9. The van der Waals surface area contributed by atoms with E-state index in [2.05, 4.69) is 30.3 Å². The highest BCUT2D eigenvalue weighted by Gasteiger charge is 2.12. The van der Waals surface area contributed by atoms with E-state index in [1.807, 2.05) is 44.4 Å². The first-order valence-electron chi connectivity index (χ1n) is 8.78. The zero-order valence-corrected chi connectivity index (χ0v) is 17.4. The standard InChI is InChI=1S/C21H30ClFN4/c1-7-26(5)14-21(27(6)13-15(2)24)16(3)17(4)25-12-18-8-10-19(22)20(23)11-9-18/h8-9,11,13-14,25H,3-4,7,10,12,24H2,1-2,5-6H3/b15-13+,21-14+. The lowest BCUT2D eigenvalue weighted by atomic mass is 10.1. The van der Waals surface area contributed by atoms with Gasteiger partial charge in [-0.05, 0) is 25.5 Å². The molecule has 0 aliphatic heterocycles. The largest absolute Gasteiger partial charge is 0.401 e. The minimum Gasteiger partial charge on any atom is -0.401 e. The summed E-state index contributed by atoms with van der Waals surface area (Å²) in [6.45, 7) is 13.5. The molecule has 1 aliphatic carbocycles.